The van der Waals surface area contributed by atoms with E-state index >= 15 is 0 Å². The fourth-order valence-corrected chi connectivity index (χ4v) is 2.69. The van der Waals surface area contributed by atoms with Gasteiger partial charge in [0.05, 0.1) is 12.8 Å². The highest BCUT2D eigenvalue weighted by Gasteiger charge is 2.36. The molecule has 0 radical (unpaired) electrons. The Kier molecular flexibility index (Phi) is 3.48. The molecule has 1 aromatic heterocycles. The van der Waals surface area contributed by atoms with Crippen LogP contribution in [0.2, 0.25) is 0 Å². The zero-order chi connectivity index (χ0) is 14.8. The lowest BCUT2D eigenvalue weighted by molar-refractivity contribution is -0.125. The Labute approximate surface area is 122 Å². The van der Waals surface area contributed by atoms with E-state index in [9.17, 15) is 9.59 Å². The van der Waals surface area contributed by atoms with Crippen molar-refractivity contribution in [3.05, 3.63) is 54.0 Å². The molecule has 5 nitrogen and oxygen atoms in total. The van der Waals surface area contributed by atoms with Crippen molar-refractivity contribution in [3.63, 3.8) is 0 Å². The summed E-state index contributed by atoms with van der Waals surface area (Å²) in [6.45, 7) is 1.80. The fraction of sp³-hybridized carbons (Fsp3) is 0.250. The van der Waals surface area contributed by atoms with Crippen LogP contribution in [0.5, 0.6) is 0 Å². The van der Waals surface area contributed by atoms with Crippen molar-refractivity contribution in [3.8, 4) is 0 Å². The third-order valence-corrected chi connectivity index (χ3v) is 3.63. The molecule has 108 valence electrons. The second-order valence-corrected chi connectivity index (χ2v) is 5.03. The molecule has 1 N–H and O–H groups in total. The van der Waals surface area contributed by atoms with Gasteiger partial charge in [-0.05, 0) is 23.8 Å². The molecule has 2 heterocycles. The maximum absolute atomic E-state index is 12.4. The van der Waals surface area contributed by atoms with E-state index in [1.165, 1.54) is 6.92 Å². The van der Waals surface area contributed by atoms with Crippen LogP contribution < -0.4 is 10.2 Å². The number of para-hydroxylation sites is 1. The molecular weight excluding hydrogens is 268 g/mol. The third kappa shape index (κ3) is 2.54. The molecule has 0 aliphatic carbocycles. The first kappa shape index (κ1) is 13.4. The summed E-state index contributed by atoms with van der Waals surface area (Å²) in [5.74, 6) is 0.393. The summed E-state index contributed by atoms with van der Waals surface area (Å²) >= 11 is 0. The Bertz CT molecular complexity index is 664. The van der Waals surface area contributed by atoms with E-state index in [-0.39, 0.29) is 11.8 Å². The van der Waals surface area contributed by atoms with E-state index in [4.69, 9.17) is 4.42 Å². The number of benzene rings is 1. The average Bonchev–Trinajstić information content (AvgIpc) is 3.11. The van der Waals surface area contributed by atoms with Crippen LogP contribution in [0.1, 0.15) is 18.2 Å². The van der Waals surface area contributed by atoms with Gasteiger partial charge in [0.2, 0.25) is 11.8 Å². The number of amides is 2. The van der Waals surface area contributed by atoms with Crippen LogP contribution in [0.15, 0.2) is 47.1 Å². The molecule has 0 spiro atoms. The van der Waals surface area contributed by atoms with Gasteiger partial charge >= 0.3 is 0 Å². The van der Waals surface area contributed by atoms with Gasteiger partial charge in [-0.3, -0.25) is 14.5 Å². The van der Waals surface area contributed by atoms with E-state index in [1.807, 2.05) is 24.3 Å². The van der Waals surface area contributed by atoms with Gasteiger partial charge in [-0.1, -0.05) is 18.2 Å². The first-order valence-corrected chi connectivity index (χ1v) is 6.84. The van der Waals surface area contributed by atoms with Gasteiger partial charge in [0.25, 0.3) is 0 Å². The fourth-order valence-electron chi connectivity index (χ4n) is 2.69. The van der Waals surface area contributed by atoms with Crippen molar-refractivity contribution in [2.24, 2.45) is 0 Å². The molecule has 0 bridgehead atoms. The summed E-state index contributed by atoms with van der Waals surface area (Å²) in [4.78, 5) is 25.8. The monoisotopic (exact) mass is 284 g/mol. The molecule has 2 aromatic rings. The lowest BCUT2D eigenvalue weighted by Crippen LogP contribution is -2.47. The quantitative estimate of drug-likeness (QED) is 0.936. The molecule has 1 aliphatic rings. The second kappa shape index (κ2) is 5.44. The third-order valence-electron chi connectivity index (χ3n) is 3.63. The number of hydrogen-bond acceptors (Lipinski definition) is 3. The van der Waals surface area contributed by atoms with Gasteiger partial charge in [0.15, 0.2) is 0 Å². The van der Waals surface area contributed by atoms with E-state index in [1.54, 1.807) is 23.3 Å². The van der Waals surface area contributed by atoms with Crippen molar-refractivity contribution in [1.82, 2.24) is 5.32 Å². The number of carbonyl (C=O) groups is 2. The zero-order valence-electron chi connectivity index (χ0n) is 11.7. The standard InChI is InChI=1S/C16H16N2O3/c1-11(19)18-14-7-3-2-5-12(14)9-15(18)16(20)17-10-13-6-4-8-21-13/h2-8,15H,9-10H2,1H3,(H,17,20)/t15-/m1/s1. The number of nitrogens with zero attached hydrogens (tertiary/aromatic N) is 1. The van der Waals surface area contributed by atoms with Crippen molar-refractivity contribution >= 4 is 17.5 Å². The molecule has 1 aliphatic heterocycles. The Morgan fingerprint density at radius 2 is 2.10 bits per heavy atom. The van der Waals surface area contributed by atoms with Crippen molar-refractivity contribution in [2.45, 2.75) is 25.9 Å². The highest BCUT2D eigenvalue weighted by molar-refractivity contribution is 6.02. The molecule has 5 heteroatoms. The normalized spacial score (nSPS) is 16.6. The van der Waals surface area contributed by atoms with E-state index in [2.05, 4.69) is 5.32 Å². The van der Waals surface area contributed by atoms with Gasteiger partial charge in [-0.15, -0.1) is 0 Å². The minimum atomic E-state index is -0.491. The van der Waals surface area contributed by atoms with Gasteiger partial charge < -0.3 is 9.73 Å². The van der Waals surface area contributed by atoms with Gasteiger partial charge in [-0.25, -0.2) is 0 Å². The summed E-state index contributed by atoms with van der Waals surface area (Å²) in [5, 5.41) is 2.82. The molecule has 0 saturated carbocycles. The topological polar surface area (TPSA) is 62.6 Å². The molecule has 0 saturated heterocycles. The van der Waals surface area contributed by atoms with Crippen LogP contribution in [-0.4, -0.2) is 17.9 Å². The number of carbonyl (C=O) groups excluding carboxylic acids is 2. The Morgan fingerprint density at radius 1 is 1.29 bits per heavy atom. The van der Waals surface area contributed by atoms with E-state index in [0.717, 1.165) is 11.3 Å². The Morgan fingerprint density at radius 3 is 2.81 bits per heavy atom. The minimum absolute atomic E-state index is 0.127. The van der Waals surface area contributed by atoms with Crippen molar-refractivity contribution in [1.29, 1.82) is 0 Å². The van der Waals surface area contributed by atoms with Crippen molar-refractivity contribution in [2.75, 3.05) is 4.90 Å². The van der Waals surface area contributed by atoms with Crippen molar-refractivity contribution < 1.29 is 14.0 Å². The molecule has 21 heavy (non-hydrogen) atoms. The zero-order valence-corrected chi connectivity index (χ0v) is 11.7. The summed E-state index contributed by atoms with van der Waals surface area (Å²) in [6.07, 6.45) is 2.11. The molecule has 1 aromatic carbocycles. The number of fused-ring (bicyclic) bond motifs is 1. The Balaban J connectivity index is 1.76. The number of furan rings is 1. The van der Waals surface area contributed by atoms with Crippen LogP contribution in [-0.2, 0) is 22.6 Å². The molecule has 0 fully saturated rings. The van der Waals surface area contributed by atoms with Gasteiger partial charge in [0, 0.05) is 19.0 Å². The summed E-state index contributed by atoms with van der Waals surface area (Å²) in [5.41, 5.74) is 1.84. The SMILES string of the molecule is CC(=O)N1c2ccccc2C[C@@H]1C(=O)NCc1ccco1. The molecule has 2 amide bonds. The number of hydrogen-bond donors (Lipinski definition) is 1. The highest BCUT2D eigenvalue weighted by Crippen LogP contribution is 2.32. The van der Waals surface area contributed by atoms with Gasteiger partial charge in [0.1, 0.15) is 11.8 Å². The average molecular weight is 284 g/mol. The number of nitrogens with one attached hydrogen (secondary N) is 1. The highest BCUT2D eigenvalue weighted by atomic mass is 16.3. The van der Waals surface area contributed by atoms with Crippen LogP contribution in [0.25, 0.3) is 0 Å². The first-order chi connectivity index (χ1) is 10.2. The summed E-state index contributed by atoms with van der Waals surface area (Å²) < 4.78 is 5.19. The summed E-state index contributed by atoms with van der Waals surface area (Å²) in [6, 6.07) is 10.7. The predicted octanol–water partition coefficient (Wildman–Crippen LogP) is 1.87. The number of anilines is 1. The molecule has 0 unspecified atom stereocenters. The van der Waals surface area contributed by atoms with Crippen LogP contribution >= 0.6 is 0 Å². The van der Waals surface area contributed by atoms with Crippen LogP contribution in [0.3, 0.4) is 0 Å². The number of rotatable bonds is 3. The lowest BCUT2D eigenvalue weighted by Gasteiger charge is -2.23. The first-order valence-electron chi connectivity index (χ1n) is 6.84. The molecular formula is C16H16N2O3. The molecule has 1 atom stereocenters. The largest absolute Gasteiger partial charge is 0.467 e. The van der Waals surface area contributed by atoms with Crippen LogP contribution in [0.4, 0.5) is 5.69 Å². The van der Waals surface area contributed by atoms with Gasteiger partial charge in [-0.2, -0.15) is 0 Å². The van der Waals surface area contributed by atoms with E-state index in [0.29, 0.717) is 18.7 Å². The minimum Gasteiger partial charge on any atom is -0.467 e. The lowest BCUT2D eigenvalue weighted by atomic mass is 10.1. The second-order valence-electron chi connectivity index (χ2n) is 5.03. The predicted molar refractivity (Wildman–Crippen MR) is 77.6 cm³/mol. The summed E-state index contributed by atoms with van der Waals surface area (Å²) in [7, 11) is 0. The Hall–Kier alpha value is -2.56. The maximum atomic E-state index is 12.4. The van der Waals surface area contributed by atoms with Crippen LogP contribution in [0, 0.1) is 0 Å². The smallest absolute Gasteiger partial charge is 0.243 e. The maximum Gasteiger partial charge on any atom is 0.243 e. The molecule has 3 rings (SSSR count). The van der Waals surface area contributed by atoms with E-state index < -0.39 is 6.04 Å².